The Morgan fingerprint density at radius 3 is 0.696 bits per heavy atom. The molecule has 0 saturated heterocycles. The standard InChI is InChI=1S/C45H85N/c1-6-8-10-12-14-16-18-20-22-24-26-28-30-32-34-36-38-43-40(3)44(42(5)45(46)41(43)4)39-37-35-33-31-29-27-25-23-21-19-17-15-13-11-9-7-2/h6-39,46H2,1-5H3. The highest BCUT2D eigenvalue weighted by Gasteiger charge is 2.15. The van der Waals surface area contributed by atoms with Gasteiger partial charge in [0, 0.05) is 5.69 Å². The van der Waals surface area contributed by atoms with Gasteiger partial charge in [-0.05, 0) is 74.3 Å². The minimum absolute atomic E-state index is 1.07. The fraction of sp³-hybridized carbons (Fsp3) is 0.867. The van der Waals surface area contributed by atoms with Crippen molar-refractivity contribution >= 4 is 5.69 Å². The Hall–Kier alpha value is -0.980. The van der Waals surface area contributed by atoms with Crippen LogP contribution in [0.2, 0.25) is 0 Å². The normalized spacial score (nSPS) is 11.6. The maximum absolute atomic E-state index is 6.67. The van der Waals surface area contributed by atoms with E-state index in [9.17, 15) is 0 Å². The van der Waals surface area contributed by atoms with Gasteiger partial charge >= 0.3 is 0 Å². The average Bonchev–Trinajstić information content (AvgIpc) is 3.06. The highest BCUT2D eigenvalue weighted by Crippen LogP contribution is 2.32. The second-order valence-corrected chi connectivity index (χ2v) is 15.4. The van der Waals surface area contributed by atoms with Crippen LogP contribution in [0.25, 0.3) is 0 Å². The molecule has 0 spiro atoms. The van der Waals surface area contributed by atoms with Gasteiger partial charge in [-0.2, -0.15) is 0 Å². The SMILES string of the molecule is CCCCCCCCCCCCCCCCCCc1c(C)c(N)c(C)c(CCCCCCCCCCCCCCCCCC)c1C. The molecule has 2 N–H and O–H groups in total. The van der Waals surface area contributed by atoms with Gasteiger partial charge < -0.3 is 5.73 Å². The first-order valence-electron chi connectivity index (χ1n) is 21.4. The van der Waals surface area contributed by atoms with Gasteiger partial charge in [0.25, 0.3) is 0 Å². The van der Waals surface area contributed by atoms with Crippen molar-refractivity contribution in [1.29, 1.82) is 0 Å². The Morgan fingerprint density at radius 2 is 0.478 bits per heavy atom. The van der Waals surface area contributed by atoms with Crippen LogP contribution >= 0.6 is 0 Å². The molecule has 1 rings (SSSR count). The number of benzene rings is 1. The Balaban J connectivity index is 2.12. The van der Waals surface area contributed by atoms with Crippen molar-refractivity contribution in [1.82, 2.24) is 0 Å². The summed E-state index contributed by atoms with van der Waals surface area (Å²) in [6, 6.07) is 0. The van der Waals surface area contributed by atoms with Crippen molar-refractivity contribution in [2.24, 2.45) is 0 Å². The topological polar surface area (TPSA) is 26.0 Å². The molecule has 0 atom stereocenters. The van der Waals surface area contributed by atoms with Gasteiger partial charge in [0.1, 0.15) is 0 Å². The molecule has 46 heavy (non-hydrogen) atoms. The number of rotatable bonds is 34. The molecule has 0 aromatic heterocycles. The average molecular weight is 640 g/mol. The predicted molar refractivity (Wildman–Crippen MR) is 212 cm³/mol. The Morgan fingerprint density at radius 1 is 0.283 bits per heavy atom. The summed E-state index contributed by atoms with van der Waals surface area (Å²) in [4.78, 5) is 0. The van der Waals surface area contributed by atoms with Crippen molar-refractivity contribution < 1.29 is 0 Å². The zero-order chi connectivity index (χ0) is 33.5. The molecule has 1 nitrogen and oxygen atoms in total. The van der Waals surface area contributed by atoms with E-state index >= 15 is 0 Å². The van der Waals surface area contributed by atoms with Crippen LogP contribution in [0.4, 0.5) is 5.69 Å². The van der Waals surface area contributed by atoms with Crippen molar-refractivity contribution in [3.63, 3.8) is 0 Å². The lowest BCUT2D eigenvalue weighted by Crippen LogP contribution is -2.07. The van der Waals surface area contributed by atoms with Gasteiger partial charge in [0.05, 0.1) is 0 Å². The lowest BCUT2D eigenvalue weighted by Gasteiger charge is -2.20. The van der Waals surface area contributed by atoms with Crippen LogP contribution in [0.3, 0.4) is 0 Å². The minimum Gasteiger partial charge on any atom is -0.398 e. The Kier molecular flexibility index (Phi) is 29.3. The smallest absolute Gasteiger partial charge is 0.0379 e. The molecule has 1 aromatic carbocycles. The molecule has 0 aliphatic carbocycles. The third-order valence-electron chi connectivity index (χ3n) is 11.2. The van der Waals surface area contributed by atoms with Crippen LogP contribution in [0.5, 0.6) is 0 Å². The van der Waals surface area contributed by atoms with Crippen LogP contribution in [0.1, 0.15) is 247 Å². The maximum atomic E-state index is 6.67. The summed E-state index contributed by atoms with van der Waals surface area (Å²) in [5.74, 6) is 0. The summed E-state index contributed by atoms with van der Waals surface area (Å²) in [7, 11) is 0. The fourth-order valence-electron chi connectivity index (χ4n) is 7.80. The Bertz CT molecular complexity index is 745. The molecule has 0 fully saturated rings. The first-order valence-corrected chi connectivity index (χ1v) is 21.4. The van der Waals surface area contributed by atoms with Gasteiger partial charge in [0.15, 0.2) is 0 Å². The van der Waals surface area contributed by atoms with Gasteiger partial charge in [0.2, 0.25) is 0 Å². The van der Waals surface area contributed by atoms with E-state index in [-0.39, 0.29) is 0 Å². The summed E-state index contributed by atoms with van der Waals surface area (Å²) >= 11 is 0. The molecule has 0 saturated carbocycles. The second-order valence-electron chi connectivity index (χ2n) is 15.4. The van der Waals surface area contributed by atoms with E-state index in [0.717, 1.165) is 5.69 Å². The second kappa shape index (κ2) is 31.3. The molecular weight excluding hydrogens is 555 g/mol. The van der Waals surface area contributed by atoms with Crippen LogP contribution in [-0.2, 0) is 12.8 Å². The first-order chi connectivity index (χ1) is 22.5. The van der Waals surface area contributed by atoms with E-state index in [1.165, 1.54) is 229 Å². The number of unbranched alkanes of at least 4 members (excludes halogenated alkanes) is 30. The molecule has 0 heterocycles. The number of hydrogen-bond acceptors (Lipinski definition) is 1. The minimum atomic E-state index is 1.07. The van der Waals surface area contributed by atoms with Gasteiger partial charge in [-0.1, -0.05) is 206 Å². The van der Waals surface area contributed by atoms with Gasteiger partial charge in [-0.25, -0.2) is 0 Å². The van der Waals surface area contributed by atoms with Crippen molar-refractivity contribution in [3.05, 3.63) is 27.8 Å². The number of hydrogen-bond donors (Lipinski definition) is 1. The van der Waals surface area contributed by atoms with Crippen molar-refractivity contribution in [2.75, 3.05) is 5.73 Å². The zero-order valence-electron chi connectivity index (χ0n) is 32.6. The summed E-state index contributed by atoms with van der Waals surface area (Å²) < 4.78 is 0. The molecule has 0 unspecified atom stereocenters. The molecule has 0 radical (unpaired) electrons. The van der Waals surface area contributed by atoms with Crippen LogP contribution in [0.15, 0.2) is 0 Å². The molecule has 0 aliphatic heterocycles. The lowest BCUT2D eigenvalue weighted by molar-refractivity contribution is 0.529. The monoisotopic (exact) mass is 640 g/mol. The summed E-state index contributed by atoms with van der Waals surface area (Å²) in [5.41, 5.74) is 15.2. The van der Waals surface area contributed by atoms with E-state index in [0.29, 0.717) is 0 Å². The molecule has 1 aromatic rings. The summed E-state index contributed by atoms with van der Waals surface area (Å²) in [6.07, 6.45) is 48.3. The molecular formula is C45H85N. The van der Waals surface area contributed by atoms with E-state index in [1.807, 2.05) is 0 Å². The van der Waals surface area contributed by atoms with Gasteiger partial charge in [-0.15, -0.1) is 0 Å². The zero-order valence-corrected chi connectivity index (χ0v) is 32.6. The quantitative estimate of drug-likeness (QED) is 0.0589. The Labute approximate surface area is 291 Å². The van der Waals surface area contributed by atoms with Crippen molar-refractivity contribution in [3.8, 4) is 0 Å². The van der Waals surface area contributed by atoms with Gasteiger partial charge in [-0.3, -0.25) is 0 Å². The number of anilines is 1. The predicted octanol–water partition coefficient (Wildman–Crippen LogP) is 15.8. The fourth-order valence-corrected chi connectivity index (χ4v) is 7.80. The third-order valence-corrected chi connectivity index (χ3v) is 11.2. The molecule has 0 amide bonds. The van der Waals surface area contributed by atoms with Crippen LogP contribution in [0, 0.1) is 20.8 Å². The summed E-state index contributed by atoms with van der Waals surface area (Å²) in [6.45, 7) is 11.6. The van der Waals surface area contributed by atoms with E-state index in [1.54, 1.807) is 16.7 Å². The molecule has 1 heteroatoms. The first kappa shape index (κ1) is 43.0. The highest BCUT2D eigenvalue weighted by atomic mass is 14.6. The van der Waals surface area contributed by atoms with E-state index < -0.39 is 0 Å². The maximum Gasteiger partial charge on any atom is 0.0379 e. The number of nitrogens with two attached hydrogens (primary N) is 1. The van der Waals surface area contributed by atoms with E-state index in [2.05, 4.69) is 34.6 Å². The third kappa shape index (κ3) is 21.8. The van der Waals surface area contributed by atoms with Crippen LogP contribution < -0.4 is 5.73 Å². The van der Waals surface area contributed by atoms with Crippen LogP contribution in [-0.4, -0.2) is 0 Å². The lowest BCUT2D eigenvalue weighted by atomic mass is 9.86. The molecule has 0 aliphatic rings. The van der Waals surface area contributed by atoms with Crippen molar-refractivity contribution in [2.45, 2.75) is 253 Å². The summed E-state index contributed by atoms with van der Waals surface area (Å²) in [5, 5.41) is 0. The highest BCUT2D eigenvalue weighted by molar-refractivity contribution is 5.62. The largest absolute Gasteiger partial charge is 0.398 e. The molecule has 270 valence electrons. The molecule has 0 bridgehead atoms. The number of nitrogen functional groups attached to an aromatic ring is 1. The van der Waals surface area contributed by atoms with E-state index in [4.69, 9.17) is 5.73 Å².